The van der Waals surface area contributed by atoms with Crippen molar-refractivity contribution in [2.24, 2.45) is 5.73 Å². The first-order valence-electron chi connectivity index (χ1n) is 7.93. The number of ether oxygens (including phenoxy) is 1. The van der Waals surface area contributed by atoms with Gasteiger partial charge in [-0.3, -0.25) is 9.69 Å². The minimum Gasteiger partial charge on any atom is -0.463 e. The van der Waals surface area contributed by atoms with Crippen LogP contribution in [0.15, 0.2) is 23.3 Å². The Bertz CT molecular complexity index is 485. The third-order valence-electron chi connectivity index (χ3n) is 4.06. The first kappa shape index (κ1) is 16.7. The Hall–Kier alpha value is -1.66. The Morgan fingerprint density at radius 3 is 2.95 bits per heavy atom. The average Bonchev–Trinajstić information content (AvgIpc) is 2.53. The van der Waals surface area contributed by atoms with E-state index in [-0.39, 0.29) is 17.9 Å². The number of hydrogen-bond donors (Lipinski definition) is 2. The molecule has 122 valence electrons. The maximum absolute atomic E-state index is 11.8. The number of hydrogen-bond acceptors (Lipinski definition) is 5. The van der Waals surface area contributed by atoms with E-state index in [0.717, 1.165) is 44.5 Å². The summed E-state index contributed by atoms with van der Waals surface area (Å²) in [5.41, 5.74) is 6.85. The molecule has 6 heteroatoms. The minimum absolute atomic E-state index is 0.0169. The molecule has 1 atom stereocenters. The second kappa shape index (κ2) is 8.10. The molecule has 0 bridgehead atoms. The highest BCUT2D eigenvalue weighted by Gasteiger charge is 2.24. The van der Waals surface area contributed by atoms with Crippen LogP contribution in [-0.4, -0.2) is 55.6 Å². The van der Waals surface area contributed by atoms with Crippen molar-refractivity contribution in [3.05, 3.63) is 23.3 Å². The molecule has 0 aliphatic carbocycles. The first-order valence-corrected chi connectivity index (χ1v) is 7.93. The van der Waals surface area contributed by atoms with E-state index in [0.29, 0.717) is 18.7 Å². The van der Waals surface area contributed by atoms with E-state index in [4.69, 9.17) is 10.5 Å². The molecule has 1 unspecified atom stereocenters. The molecule has 0 radical (unpaired) electrons. The summed E-state index contributed by atoms with van der Waals surface area (Å²) in [7, 11) is 0. The van der Waals surface area contributed by atoms with Crippen LogP contribution in [0.3, 0.4) is 0 Å². The van der Waals surface area contributed by atoms with Gasteiger partial charge in [0.05, 0.1) is 6.61 Å². The summed E-state index contributed by atoms with van der Waals surface area (Å²) in [5.74, 6) is -0.566. The molecule has 2 aliphatic heterocycles. The number of esters is 1. The van der Waals surface area contributed by atoms with Crippen LogP contribution < -0.4 is 11.1 Å². The van der Waals surface area contributed by atoms with E-state index < -0.39 is 0 Å². The Morgan fingerprint density at radius 1 is 1.41 bits per heavy atom. The van der Waals surface area contributed by atoms with Crippen molar-refractivity contribution in [1.29, 1.82) is 0 Å². The van der Waals surface area contributed by atoms with Crippen LogP contribution in [0, 0.1) is 0 Å². The first-order chi connectivity index (χ1) is 10.6. The fraction of sp³-hybridized carbons (Fsp3) is 0.625. The number of nitrogens with zero attached hydrogens (tertiary/aromatic N) is 1. The number of rotatable bonds is 6. The van der Waals surface area contributed by atoms with Crippen molar-refractivity contribution in [3.8, 4) is 0 Å². The summed E-state index contributed by atoms with van der Waals surface area (Å²) in [6.07, 6.45) is 6.40. The lowest BCUT2D eigenvalue weighted by molar-refractivity contribution is -0.139. The van der Waals surface area contributed by atoms with Crippen molar-refractivity contribution in [3.63, 3.8) is 0 Å². The molecule has 6 nitrogen and oxygen atoms in total. The summed E-state index contributed by atoms with van der Waals surface area (Å²) in [6, 6.07) is 0.0169. The van der Waals surface area contributed by atoms with Crippen LogP contribution in [0.5, 0.6) is 0 Å². The van der Waals surface area contributed by atoms with Gasteiger partial charge in [0.15, 0.2) is 0 Å². The fourth-order valence-electron chi connectivity index (χ4n) is 2.95. The lowest BCUT2D eigenvalue weighted by atomic mass is 9.98. The minimum atomic E-state index is -0.344. The third kappa shape index (κ3) is 4.42. The third-order valence-corrected chi connectivity index (χ3v) is 4.06. The zero-order valence-electron chi connectivity index (χ0n) is 13.1. The number of amides is 1. The van der Waals surface area contributed by atoms with Crippen molar-refractivity contribution in [2.45, 2.75) is 32.2 Å². The summed E-state index contributed by atoms with van der Waals surface area (Å²) in [4.78, 5) is 25.5. The Morgan fingerprint density at radius 2 is 2.23 bits per heavy atom. The predicted octanol–water partition coefficient (Wildman–Crippen LogP) is 0.345. The monoisotopic (exact) mass is 307 g/mol. The van der Waals surface area contributed by atoms with Crippen LogP contribution in [-0.2, 0) is 14.3 Å². The molecule has 0 aromatic heterocycles. The molecule has 1 amide bonds. The quantitative estimate of drug-likeness (QED) is 0.692. The van der Waals surface area contributed by atoms with Crippen LogP contribution in [0.2, 0.25) is 0 Å². The van der Waals surface area contributed by atoms with Gasteiger partial charge in [0.1, 0.15) is 0 Å². The number of carbonyl (C=O) groups is 2. The molecular weight excluding hydrogens is 282 g/mol. The second-order valence-electron chi connectivity index (χ2n) is 5.62. The second-order valence-corrected chi connectivity index (χ2v) is 5.62. The molecule has 0 aromatic rings. The topological polar surface area (TPSA) is 84.7 Å². The standard InChI is InChI=1S/C16H25N3O3/c1-2-22-16(21)12-5-4-9-19(11-12)10-7-14-13(15(17)20)6-3-8-18-14/h5-6,14,18H,2-4,7-11H2,1H3,(H2,17,20). The number of nitrogens with two attached hydrogens (primary N) is 1. The zero-order chi connectivity index (χ0) is 15.9. The highest BCUT2D eigenvalue weighted by Crippen LogP contribution is 2.16. The molecule has 0 aromatic carbocycles. The molecule has 0 fully saturated rings. The zero-order valence-corrected chi connectivity index (χ0v) is 13.1. The summed E-state index contributed by atoms with van der Waals surface area (Å²) >= 11 is 0. The van der Waals surface area contributed by atoms with Crippen molar-refractivity contribution >= 4 is 11.9 Å². The van der Waals surface area contributed by atoms with E-state index in [1.807, 2.05) is 19.1 Å². The molecule has 2 heterocycles. The molecule has 3 N–H and O–H groups in total. The summed E-state index contributed by atoms with van der Waals surface area (Å²) in [6.45, 7) is 5.43. The molecule has 0 saturated heterocycles. The van der Waals surface area contributed by atoms with E-state index in [9.17, 15) is 9.59 Å². The number of nitrogens with one attached hydrogen (secondary N) is 1. The van der Waals surface area contributed by atoms with Gasteiger partial charge in [-0.05, 0) is 32.7 Å². The summed E-state index contributed by atoms with van der Waals surface area (Å²) in [5, 5.41) is 3.34. The molecule has 2 rings (SSSR count). The van der Waals surface area contributed by atoms with Gasteiger partial charge in [0.25, 0.3) is 0 Å². The van der Waals surface area contributed by atoms with Crippen LogP contribution in [0.4, 0.5) is 0 Å². The van der Waals surface area contributed by atoms with Gasteiger partial charge < -0.3 is 15.8 Å². The molecule has 22 heavy (non-hydrogen) atoms. The van der Waals surface area contributed by atoms with Gasteiger partial charge in [-0.1, -0.05) is 12.2 Å². The average molecular weight is 307 g/mol. The molecule has 0 spiro atoms. The van der Waals surface area contributed by atoms with Gasteiger partial charge in [-0.2, -0.15) is 0 Å². The highest BCUT2D eigenvalue weighted by atomic mass is 16.5. The fourth-order valence-corrected chi connectivity index (χ4v) is 2.95. The Kier molecular flexibility index (Phi) is 6.15. The van der Waals surface area contributed by atoms with E-state index in [2.05, 4.69) is 10.2 Å². The van der Waals surface area contributed by atoms with E-state index in [1.54, 1.807) is 0 Å². The summed E-state index contributed by atoms with van der Waals surface area (Å²) < 4.78 is 5.06. The molecular formula is C16H25N3O3. The molecule has 2 aliphatic rings. The normalized spacial score (nSPS) is 22.7. The van der Waals surface area contributed by atoms with E-state index >= 15 is 0 Å². The smallest absolute Gasteiger partial charge is 0.334 e. The van der Waals surface area contributed by atoms with Gasteiger partial charge in [0, 0.05) is 36.8 Å². The largest absolute Gasteiger partial charge is 0.463 e. The molecule has 0 saturated carbocycles. The Labute approximate surface area is 131 Å². The van der Waals surface area contributed by atoms with Crippen LogP contribution in [0.25, 0.3) is 0 Å². The maximum Gasteiger partial charge on any atom is 0.334 e. The van der Waals surface area contributed by atoms with Crippen molar-refractivity contribution < 1.29 is 14.3 Å². The van der Waals surface area contributed by atoms with Crippen molar-refractivity contribution in [2.75, 3.05) is 32.8 Å². The Balaban J connectivity index is 1.86. The lowest BCUT2D eigenvalue weighted by Gasteiger charge is -2.30. The maximum atomic E-state index is 11.8. The lowest BCUT2D eigenvalue weighted by Crippen LogP contribution is -2.43. The van der Waals surface area contributed by atoms with Gasteiger partial charge in [0.2, 0.25) is 5.91 Å². The van der Waals surface area contributed by atoms with Gasteiger partial charge in [-0.15, -0.1) is 0 Å². The van der Waals surface area contributed by atoms with Crippen molar-refractivity contribution in [1.82, 2.24) is 10.2 Å². The predicted molar refractivity (Wildman–Crippen MR) is 84.1 cm³/mol. The highest BCUT2D eigenvalue weighted by molar-refractivity contribution is 5.93. The van der Waals surface area contributed by atoms with Crippen LogP contribution in [0.1, 0.15) is 26.2 Å². The number of primary amides is 1. The van der Waals surface area contributed by atoms with E-state index in [1.165, 1.54) is 0 Å². The van der Waals surface area contributed by atoms with Gasteiger partial charge in [-0.25, -0.2) is 4.79 Å². The van der Waals surface area contributed by atoms with Gasteiger partial charge >= 0.3 is 5.97 Å². The van der Waals surface area contributed by atoms with Crippen LogP contribution >= 0.6 is 0 Å². The SMILES string of the molecule is CCOC(=O)C1=CCCN(CCC2NCCC=C2C(N)=O)C1. The number of carbonyl (C=O) groups excluding carboxylic acids is 2.